The smallest absolute Gasteiger partial charge is 0.0295 e. The molecule has 2 heteroatoms. The number of rotatable bonds is 5. The van der Waals surface area contributed by atoms with Gasteiger partial charge in [0, 0.05) is 10.5 Å². The number of aryl methyl sites for hydroxylation is 2. The van der Waals surface area contributed by atoms with Crippen molar-refractivity contribution in [2.45, 2.75) is 39.2 Å². The Morgan fingerprint density at radius 3 is 2.44 bits per heavy atom. The summed E-state index contributed by atoms with van der Waals surface area (Å²) in [5.74, 6) is 0. The second-order valence-corrected chi connectivity index (χ2v) is 5.09. The number of allylic oxidation sites excluding steroid dienone is 1. The number of halogens is 1. The van der Waals surface area contributed by atoms with Crippen LogP contribution in [0.2, 0.25) is 0 Å². The van der Waals surface area contributed by atoms with Gasteiger partial charge in [-0.2, -0.15) is 0 Å². The lowest BCUT2D eigenvalue weighted by molar-refractivity contribution is 0.616. The first-order valence-electron chi connectivity index (χ1n) is 5.69. The molecule has 0 saturated carbocycles. The molecule has 0 amide bonds. The molecule has 0 bridgehead atoms. The van der Waals surface area contributed by atoms with Crippen molar-refractivity contribution in [3.8, 4) is 0 Å². The van der Waals surface area contributed by atoms with Gasteiger partial charge in [0.25, 0.3) is 0 Å². The third-order valence-electron chi connectivity index (χ3n) is 2.81. The van der Waals surface area contributed by atoms with E-state index in [1.165, 1.54) is 21.2 Å². The van der Waals surface area contributed by atoms with E-state index in [0.717, 1.165) is 19.3 Å². The predicted octanol–water partition coefficient (Wildman–Crippen LogP) is 4.42. The average molecular weight is 282 g/mol. The van der Waals surface area contributed by atoms with Crippen LogP contribution in [0.1, 0.15) is 42.0 Å². The second kappa shape index (κ2) is 6.21. The maximum Gasteiger partial charge on any atom is 0.0295 e. The molecular weight excluding hydrogens is 262 g/mol. The molecule has 1 unspecified atom stereocenters. The van der Waals surface area contributed by atoms with Crippen molar-refractivity contribution in [1.82, 2.24) is 0 Å². The molecule has 2 N–H and O–H groups in total. The van der Waals surface area contributed by atoms with Crippen molar-refractivity contribution in [3.05, 3.63) is 46.0 Å². The zero-order valence-electron chi connectivity index (χ0n) is 10.1. The number of hydrogen-bond donors (Lipinski definition) is 1. The molecule has 0 aliphatic rings. The lowest BCUT2D eigenvalue weighted by Crippen LogP contribution is -2.10. The minimum absolute atomic E-state index is 0.144. The fourth-order valence-corrected chi connectivity index (χ4v) is 2.07. The van der Waals surface area contributed by atoms with Gasteiger partial charge in [-0.05, 0) is 49.8 Å². The van der Waals surface area contributed by atoms with Crippen LogP contribution in [0.15, 0.2) is 29.3 Å². The number of hydrogen-bond acceptors (Lipinski definition) is 1. The summed E-state index contributed by atoms with van der Waals surface area (Å²) in [4.78, 5) is 0. The molecule has 0 spiro atoms. The van der Waals surface area contributed by atoms with Crippen LogP contribution in [-0.4, -0.2) is 0 Å². The van der Waals surface area contributed by atoms with E-state index in [4.69, 9.17) is 5.73 Å². The summed E-state index contributed by atoms with van der Waals surface area (Å²) in [6.45, 7) is 7.94. The van der Waals surface area contributed by atoms with E-state index in [1.54, 1.807) is 0 Å². The van der Waals surface area contributed by atoms with Crippen LogP contribution in [-0.2, 0) is 0 Å². The van der Waals surface area contributed by atoms with Gasteiger partial charge in [0.2, 0.25) is 0 Å². The van der Waals surface area contributed by atoms with E-state index in [0.29, 0.717) is 0 Å². The maximum atomic E-state index is 6.17. The van der Waals surface area contributed by atoms with Crippen LogP contribution in [0.3, 0.4) is 0 Å². The van der Waals surface area contributed by atoms with Crippen LogP contribution in [0, 0.1) is 13.8 Å². The average Bonchev–Trinajstić information content (AvgIpc) is 2.25. The summed E-state index contributed by atoms with van der Waals surface area (Å²) >= 11 is 3.57. The Bertz CT molecular complexity index is 348. The van der Waals surface area contributed by atoms with E-state index >= 15 is 0 Å². The largest absolute Gasteiger partial charge is 0.324 e. The molecule has 0 aliphatic heterocycles. The predicted molar refractivity (Wildman–Crippen MR) is 74.6 cm³/mol. The van der Waals surface area contributed by atoms with Gasteiger partial charge in [0.1, 0.15) is 0 Å². The van der Waals surface area contributed by atoms with Crippen molar-refractivity contribution < 1.29 is 0 Å². The third-order valence-corrected chi connectivity index (χ3v) is 4.06. The van der Waals surface area contributed by atoms with Crippen LogP contribution in [0.4, 0.5) is 0 Å². The first-order valence-corrected chi connectivity index (χ1v) is 6.48. The lowest BCUT2D eigenvalue weighted by atomic mass is 9.98. The highest BCUT2D eigenvalue weighted by atomic mass is 79.9. The van der Waals surface area contributed by atoms with Gasteiger partial charge in [-0.15, -0.1) is 6.58 Å². The molecule has 0 fully saturated rings. The highest BCUT2D eigenvalue weighted by Gasteiger charge is 2.08. The number of nitrogens with two attached hydrogens (primary N) is 1. The van der Waals surface area contributed by atoms with E-state index in [1.807, 2.05) is 6.08 Å². The number of unbranched alkanes of at least 4 members (excludes halogenated alkanes) is 1. The highest BCUT2D eigenvalue weighted by Crippen LogP contribution is 2.26. The molecule has 16 heavy (non-hydrogen) atoms. The Hall–Kier alpha value is -0.600. The summed E-state index contributed by atoms with van der Waals surface area (Å²) in [5.41, 5.74) is 9.93. The van der Waals surface area contributed by atoms with Gasteiger partial charge in [0.05, 0.1) is 0 Å². The van der Waals surface area contributed by atoms with E-state index < -0.39 is 0 Å². The van der Waals surface area contributed by atoms with Crippen LogP contribution in [0.25, 0.3) is 0 Å². The molecule has 1 aromatic carbocycles. The molecular formula is C14H20BrN. The fourth-order valence-electron chi connectivity index (χ4n) is 1.84. The van der Waals surface area contributed by atoms with Crippen LogP contribution in [0.5, 0.6) is 0 Å². The van der Waals surface area contributed by atoms with Crippen LogP contribution < -0.4 is 5.73 Å². The van der Waals surface area contributed by atoms with E-state index in [2.05, 4.69) is 48.5 Å². The minimum Gasteiger partial charge on any atom is -0.324 e. The zero-order chi connectivity index (χ0) is 12.1. The highest BCUT2D eigenvalue weighted by molar-refractivity contribution is 9.10. The Labute approximate surface area is 107 Å². The topological polar surface area (TPSA) is 26.0 Å². The van der Waals surface area contributed by atoms with Crippen molar-refractivity contribution in [2.24, 2.45) is 5.73 Å². The molecule has 1 nitrogen and oxygen atoms in total. The molecule has 0 heterocycles. The van der Waals surface area contributed by atoms with Crippen molar-refractivity contribution in [1.29, 1.82) is 0 Å². The van der Waals surface area contributed by atoms with Crippen molar-refractivity contribution in [2.75, 3.05) is 0 Å². The van der Waals surface area contributed by atoms with E-state index in [-0.39, 0.29) is 6.04 Å². The van der Waals surface area contributed by atoms with Gasteiger partial charge in [-0.1, -0.05) is 34.1 Å². The second-order valence-electron chi connectivity index (χ2n) is 4.29. The molecule has 0 aliphatic carbocycles. The standard InChI is InChI=1S/C14H20BrN/c1-4-5-6-7-13(16)12-8-10(2)14(15)11(3)9-12/h4,8-9,13H,1,5-7,16H2,2-3H3. The Morgan fingerprint density at radius 1 is 1.38 bits per heavy atom. The molecule has 0 radical (unpaired) electrons. The molecule has 88 valence electrons. The summed E-state index contributed by atoms with van der Waals surface area (Å²) in [5, 5.41) is 0. The third kappa shape index (κ3) is 3.46. The first-order chi connectivity index (χ1) is 7.56. The molecule has 1 atom stereocenters. The quantitative estimate of drug-likeness (QED) is 0.627. The van der Waals surface area contributed by atoms with Gasteiger partial charge in [0.15, 0.2) is 0 Å². The SMILES string of the molecule is C=CCCCC(N)c1cc(C)c(Br)c(C)c1. The lowest BCUT2D eigenvalue weighted by Gasteiger charge is -2.14. The molecule has 1 rings (SSSR count). The van der Waals surface area contributed by atoms with E-state index in [9.17, 15) is 0 Å². The van der Waals surface area contributed by atoms with Crippen molar-refractivity contribution in [3.63, 3.8) is 0 Å². The first kappa shape index (κ1) is 13.5. The Kier molecular flexibility index (Phi) is 5.23. The molecule has 0 aromatic heterocycles. The monoisotopic (exact) mass is 281 g/mol. The molecule has 0 saturated heterocycles. The van der Waals surface area contributed by atoms with Crippen molar-refractivity contribution >= 4 is 15.9 Å². The minimum atomic E-state index is 0.144. The summed E-state index contributed by atoms with van der Waals surface area (Å²) in [7, 11) is 0. The zero-order valence-corrected chi connectivity index (χ0v) is 11.7. The van der Waals surface area contributed by atoms with Crippen LogP contribution >= 0.6 is 15.9 Å². The summed E-state index contributed by atoms with van der Waals surface area (Å²) < 4.78 is 1.19. The Balaban J connectivity index is 2.75. The van der Waals surface area contributed by atoms with Gasteiger partial charge in [-0.25, -0.2) is 0 Å². The number of benzene rings is 1. The van der Waals surface area contributed by atoms with Gasteiger partial charge >= 0.3 is 0 Å². The fraction of sp³-hybridized carbons (Fsp3) is 0.429. The summed E-state index contributed by atoms with van der Waals surface area (Å²) in [6, 6.07) is 4.50. The Morgan fingerprint density at radius 2 is 1.94 bits per heavy atom. The maximum absolute atomic E-state index is 6.17. The normalized spacial score (nSPS) is 12.5. The summed E-state index contributed by atoms with van der Waals surface area (Å²) in [6.07, 6.45) is 5.12. The molecule has 1 aromatic rings. The van der Waals surface area contributed by atoms with Gasteiger partial charge in [-0.3, -0.25) is 0 Å². The van der Waals surface area contributed by atoms with Gasteiger partial charge < -0.3 is 5.73 Å².